The van der Waals surface area contributed by atoms with Gasteiger partial charge in [0.1, 0.15) is 5.82 Å². The Morgan fingerprint density at radius 2 is 1.65 bits per heavy atom. The van der Waals surface area contributed by atoms with Gasteiger partial charge in [-0.3, -0.25) is 14.4 Å². The van der Waals surface area contributed by atoms with Gasteiger partial charge in [-0.25, -0.2) is 4.39 Å². The zero-order chi connectivity index (χ0) is 22.0. The molecule has 0 radical (unpaired) electrons. The fourth-order valence-corrected chi connectivity index (χ4v) is 4.90. The van der Waals surface area contributed by atoms with Gasteiger partial charge >= 0.3 is 5.97 Å². The number of benzene rings is 1. The fourth-order valence-electron chi connectivity index (χ4n) is 4.90. The zero-order valence-corrected chi connectivity index (χ0v) is 18.1. The van der Waals surface area contributed by atoms with Crippen LogP contribution in [0, 0.1) is 23.6 Å². The maximum Gasteiger partial charge on any atom is 0.310 e. The molecule has 7 heteroatoms. The molecule has 0 bridgehead atoms. The van der Waals surface area contributed by atoms with Crippen LogP contribution in [0.5, 0.6) is 0 Å². The number of piperidine rings is 2. The zero-order valence-electron chi connectivity index (χ0n) is 18.1. The van der Waals surface area contributed by atoms with Gasteiger partial charge in [-0.1, -0.05) is 12.1 Å². The first-order valence-electron chi connectivity index (χ1n) is 11.5. The molecule has 1 aromatic rings. The molecule has 4 rings (SSSR count). The topological polar surface area (TPSA) is 66.9 Å². The van der Waals surface area contributed by atoms with Crippen LogP contribution in [0.2, 0.25) is 0 Å². The summed E-state index contributed by atoms with van der Waals surface area (Å²) in [6.45, 7) is 3.55. The lowest BCUT2D eigenvalue weighted by Crippen LogP contribution is -2.51. The lowest BCUT2D eigenvalue weighted by Gasteiger charge is -2.42. The van der Waals surface area contributed by atoms with Crippen molar-refractivity contribution in [3.63, 3.8) is 0 Å². The minimum Gasteiger partial charge on any atom is -0.466 e. The van der Waals surface area contributed by atoms with Crippen molar-refractivity contribution in [1.82, 2.24) is 9.80 Å². The first-order valence-corrected chi connectivity index (χ1v) is 11.5. The Labute approximate surface area is 182 Å². The van der Waals surface area contributed by atoms with Crippen molar-refractivity contribution in [3.05, 3.63) is 35.6 Å². The standard InChI is InChI=1S/C24H31FN2O4/c1-2-31-24(30)19-4-3-13-26(14-19)22(28)18-9-12-21(16-7-10-20(25)11-8-16)27(15-18)23(29)17-5-6-17/h7-8,10-11,17-19,21H,2-6,9,12-15H2,1H3. The highest BCUT2D eigenvalue weighted by Crippen LogP contribution is 2.40. The van der Waals surface area contributed by atoms with E-state index in [9.17, 15) is 18.8 Å². The molecular weight excluding hydrogens is 399 g/mol. The van der Waals surface area contributed by atoms with Gasteiger partial charge < -0.3 is 14.5 Å². The first kappa shape index (κ1) is 21.8. The van der Waals surface area contributed by atoms with E-state index in [1.807, 2.05) is 4.90 Å². The largest absolute Gasteiger partial charge is 0.466 e. The SMILES string of the molecule is CCOC(=O)C1CCCN(C(=O)C2CCC(c3ccc(F)cc3)N(C(=O)C3CC3)C2)C1. The normalized spacial score (nSPS) is 26.5. The van der Waals surface area contributed by atoms with Gasteiger partial charge in [0, 0.05) is 25.6 Å². The van der Waals surface area contributed by atoms with E-state index in [2.05, 4.69) is 0 Å². The maximum absolute atomic E-state index is 13.4. The molecular formula is C24H31FN2O4. The predicted octanol–water partition coefficient (Wildman–Crippen LogP) is 3.32. The molecule has 1 saturated carbocycles. The fraction of sp³-hybridized carbons (Fsp3) is 0.625. The van der Waals surface area contributed by atoms with Gasteiger partial charge in [0.05, 0.1) is 24.5 Å². The van der Waals surface area contributed by atoms with E-state index in [1.54, 1.807) is 24.0 Å². The van der Waals surface area contributed by atoms with E-state index in [4.69, 9.17) is 4.74 Å². The van der Waals surface area contributed by atoms with Crippen LogP contribution in [0.25, 0.3) is 0 Å². The smallest absolute Gasteiger partial charge is 0.310 e. The third-order valence-electron chi connectivity index (χ3n) is 6.75. The molecule has 1 aliphatic carbocycles. The van der Waals surface area contributed by atoms with Crippen LogP contribution in [0.3, 0.4) is 0 Å². The summed E-state index contributed by atoms with van der Waals surface area (Å²) in [6, 6.07) is 6.21. The number of rotatable bonds is 5. The second-order valence-electron chi connectivity index (χ2n) is 8.98. The van der Waals surface area contributed by atoms with Crippen LogP contribution in [0.1, 0.15) is 57.1 Å². The number of hydrogen-bond acceptors (Lipinski definition) is 4. The van der Waals surface area contributed by atoms with Crippen LogP contribution in [0.15, 0.2) is 24.3 Å². The second-order valence-corrected chi connectivity index (χ2v) is 8.98. The molecule has 168 valence electrons. The number of hydrogen-bond donors (Lipinski definition) is 0. The summed E-state index contributed by atoms with van der Waals surface area (Å²) < 4.78 is 18.5. The summed E-state index contributed by atoms with van der Waals surface area (Å²) in [5.74, 6) is -0.868. The summed E-state index contributed by atoms with van der Waals surface area (Å²) in [5.41, 5.74) is 0.918. The van der Waals surface area contributed by atoms with Crippen molar-refractivity contribution in [1.29, 1.82) is 0 Å². The molecule has 2 aliphatic heterocycles. The highest BCUT2D eigenvalue weighted by molar-refractivity contribution is 5.84. The number of carbonyl (C=O) groups is 3. The van der Waals surface area contributed by atoms with Crippen LogP contribution in [-0.4, -0.2) is 53.8 Å². The first-order chi connectivity index (χ1) is 15.0. The molecule has 0 aromatic heterocycles. The van der Waals surface area contributed by atoms with E-state index in [1.165, 1.54) is 12.1 Å². The van der Waals surface area contributed by atoms with Crippen molar-refractivity contribution >= 4 is 17.8 Å². The highest BCUT2D eigenvalue weighted by Gasteiger charge is 2.42. The number of nitrogens with zero attached hydrogens (tertiary/aromatic N) is 2. The highest BCUT2D eigenvalue weighted by atomic mass is 19.1. The number of carbonyl (C=O) groups excluding carboxylic acids is 3. The number of likely N-dealkylation sites (tertiary alicyclic amines) is 2. The van der Waals surface area contributed by atoms with Gasteiger partial charge in [-0.15, -0.1) is 0 Å². The minimum atomic E-state index is -0.297. The van der Waals surface area contributed by atoms with Crippen LogP contribution in [0.4, 0.5) is 4.39 Å². The molecule has 0 spiro atoms. The monoisotopic (exact) mass is 430 g/mol. The molecule has 6 nitrogen and oxygen atoms in total. The summed E-state index contributed by atoms with van der Waals surface area (Å²) >= 11 is 0. The predicted molar refractivity (Wildman–Crippen MR) is 112 cm³/mol. The average Bonchev–Trinajstić information content (AvgIpc) is 3.64. The Morgan fingerprint density at radius 1 is 0.935 bits per heavy atom. The summed E-state index contributed by atoms with van der Waals surface area (Å²) in [5, 5.41) is 0. The second kappa shape index (κ2) is 9.37. The number of halogens is 1. The summed E-state index contributed by atoms with van der Waals surface area (Å²) in [6.07, 6.45) is 4.68. The molecule has 2 heterocycles. The molecule has 3 atom stereocenters. The van der Waals surface area contributed by atoms with Gasteiger partial charge in [-0.2, -0.15) is 0 Å². The Balaban J connectivity index is 1.46. The van der Waals surface area contributed by atoms with E-state index in [0.717, 1.165) is 31.2 Å². The quantitative estimate of drug-likeness (QED) is 0.672. The van der Waals surface area contributed by atoms with E-state index in [-0.39, 0.29) is 47.4 Å². The van der Waals surface area contributed by atoms with Crippen molar-refractivity contribution in [3.8, 4) is 0 Å². The van der Waals surface area contributed by atoms with Gasteiger partial charge in [0.15, 0.2) is 0 Å². The van der Waals surface area contributed by atoms with Crippen LogP contribution >= 0.6 is 0 Å². The third kappa shape index (κ3) is 4.91. The molecule has 3 fully saturated rings. The molecule has 2 saturated heterocycles. The molecule has 1 aromatic carbocycles. The molecule has 31 heavy (non-hydrogen) atoms. The molecule has 3 aliphatic rings. The Morgan fingerprint density at radius 3 is 2.32 bits per heavy atom. The summed E-state index contributed by atoms with van der Waals surface area (Å²) in [7, 11) is 0. The third-order valence-corrected chi connectivity index (χ3v) is 6.75. The van der Waals surface area contributed by atoms with E-state index in [0.29, 0.717) is 39.1 Å². The Hall–Kier alpha value is -2.44. The average molecular weight is 431 g/mol. The minimum absolute atomic E-state index is 0.0279. The Kier molecular flexibility index (Phi) is 6.58. The van der Waals surface area contributed by atoms with E-state index < -0.39 is 0 Å². The number of ether oxygens (including phenoxy) is 1. The van der Waals surface area contributed by atoms with E-state index >= 15 is 0 Å². The molecule has 0 N–H and O–H groups in total. The number of esters is 1. The lowest BCUT2D eigenvalue weighted by molar-refractivity contribution is -0.152. The van der Waals surface area contributed by atoms with Gasteiger partial charge in [-0.05, 0) is 63.1 Å². The van der Waals surface area contributed by atoms with Crippen molar-refractivity contribution in [2.75, 3.05) is 26.2 Å². The lowest BCUT2D eigenvalue weighted by atomic mass is 9.87. The van der Waals surface area contributed by atoms with Gasteiger partial charge in [0.2, 0.25) is 11.8 Å². The number of amides is 2. The summed E-state index contributed by atoms with van der Waals surface area (Å²) in [4.78, 5) is 42.1. The molecule has 3 unspecified atom stereocenters. The van der Waals surface area contributed by atoms with Gasteiger partial charge in [0.25, 0.3) is 0 Å². The molecule has 2 amide bonds. The maximum atomic E-state index is 13.4. The van der Waals surface area contributed by atoms with Crippen LogP contribution in [-0.2, 0) is 19.1 Å². The van der Waals surface area contributed by atoms with Crippen molar-refractivity contribution in [2.45, 2.75) is 51.5 Å². The Bertz CT molecular complexity index is 823. The van der Waals surface area contributed by atoms with Crippen LogP contribution < -0.4 is 0 Å². The van der Waals surface area contributed by atoms with Crippen molar-refractivity contribution < 1.29 is 23.5 Å². The van der Waals surface area contributed by atoms with Crippen molar-refractivity contribution in [2.24, 2.45) is 17.8 Å².